The molecule has 2 N–H and O–H groups in total. The third-order valence-electron chi connectivity index (χ3n) is 2.45. The van der Waals surface area contributed by atoms with Crippen molar-refractivity contribution in [3.05, 3.63) is 58.5 Å². The van der Waals surface area contributed by atoms with Crippen LogP contribution in [0.15, 0.2) is 47.4 Å². The van der Waals surface area contributed by atoms with Crippen molar-refractivity contribution in [1.82, 2.24) is 4.98 Å². The Morgan fingerprint density at radius 2 is 1.88 bits per heavy atom. The third kappa shape index (κ3) is 2.42. The van der Waals surface area contributed by atoms with E-state index in [-0.39, 0.29) is 12.0 Å². The van der Waals surface area contributed by atoms with Gasteiger partial charge in [0, 0.05) is 6.20 Å². The number of carbonyl (C=O) groups is 1. The molecule has 1 heterocycles. The van der Waals surface area contributed by atoms with Crippen molar-refractivity contribution in [2.45, 2.75) is 6.42 Å². The first-order valence-corrected chi connectivity index (χ1v) is 5.16. The summed E-state index contributed by atoms with van der Waals surface area (Å²) in [6.45, 7) is 0. The van der Waals surface area contributed by atoms with Crippen LogP contribution < -0.4 is 5.56 Å². The summed E-state index contributed by atoms with van der Waals surface area (Å²) in [5.74, 6) is -0.951. The predicted octanol–water partition coefficient (Wildman–Crippen LogP) is 1.67. The zero-order chi connectivity index (χ0) is 12.3. The van der Waals surface area contributed by atoms with E-state index in [4.69, 9.17) is 5.11 Å². The summed E-state index contributed by atoms with van der Waals surface area (Å²) in [7, 11) is 0. The average Bonchev–Trinajstić information content (AvgIpc) is 2.29. The molecule has 2 aromatic rings. The normalized spacial score (nSPS) is 10.1. The van der Waals surface area contributed by atoms with Gasteiger partial charge >= 0.3 is 5.97 Å². The lowest BCUT2D eigenvalue weighted by Crippen LogP contribution is -2.13. The summed E-state index contributed by atoms with van der Waals surface area (Å²) in [6.07, 6.45) is 1.31. The fourth-order valence-electron chi connectivity index (χ4n) is 1.75. The lowest BCUT2D eigenvalue weighted by molar-refractivity contribution is -0.136. The number of hydrogen-bond donors (Lipinski definition) is 2. The highest BCUT2D eigenvalue weighted by Gasteiger charge is 2.11. The standard InChI is InChI=1S/C13H11NO3/c15-11(16)8-10-6-7-14-13(17)12(10)9-4-2-1-3-5-9/h1-7H,8H2,(H,14,17)(H,15,16). The molecule has 4 heteroatoms. The highest BCUT2D eigenvalue weighted by Crippen LogP contribution is 2.19. The topological polar surface area (TPSA) is 70.2 Å². The Kier molecular flexibility index (Phi) is 3.05. The number of benzene rings is 1. The number of aliphatic carboxylic acids is 1. The minimum atomic E-state index is -0.951. The highest BCUT2D eigenvalue weighted by atomic mass is 16.4. The third-order valence-corrected chi connectivity index (χ3v) is 2.45. The smallest absolute Gasteiger partial charge is 0.307 e. The van der Waals surface area contributed by atoms with Gasteiger partial charge in [0.1, 0.15) is 0 Å². The molecule has 0 bridgehead atoms. The molecule has 4 nitrogen and oxygen atoms in total. The molecule has 0 fully saturated rings. The number of aromatic amines is 1. The number of carboxylic acid groups (broad SMARTS) is 1. The molecular weight excluding hydrogens is 218 g/mol. The van der Waals surface area contributed by atoms with Crippen LogP contribution >= 0.6 is 0 Å². The van der Waals surface area contributed by atoms with Gasteiger partial charge in [-0.3, -0.25) is 9.59 Å². The van der Waals surface area contributed by atoms with Crippen LogP contribution in [0.4, 0.5) is 0 Å². The van der Waals surface area contributed by atoms with Gasteiger partial charge in [0.2, 0.25) is 0 Å². The monoisotopic (exact) mass is 229 g/mol. The maximum Gasteiger partial charge on any atom is 0.307 e. The second-order valence-electron chi connectivity index (χ2n) is 3.64. The van der Waals surface area contributed by atoms with Crippen LogP contribution in [0, 0.1) is 0 Å². The number of aromatic nitrogens is 1. The van der Waals surface area contributed by atoms with Crippen LogP contribution in [0.5, 0.6) is 0 Å². The zero-order valence-electron chi connectivity index (χ0n) is 9.01. The van der Waals surface area contributed by atoms with Gasteiger partial charge < -0.3 is 10.1 Å². The van der Waals surface area contributed by atoms with E-state index >= 15 is 0 Å². The summed E-state index contributed by atoms with van der Waals surface area (Å²) in [5, 5.41) is 8.82. The summed E-state index contributed by atoms with van der Waals surface area (Å²) < 4.78 is 0. The zero-order valence-corrected chi connectivity index (χ0v) is 9.01. The second-order valence-corrected chi connectivity index (χ2v) is 3.64. The molecule has 0 aliphatic carbocycles. The van der Waals surface area contributed by atoms with Crippen molar-refractivity contribution in [2.75, 3.05) is 0 Å². The van der Waals surface area contributed by atoms with Crippen LogP contribution in [0.1, 0.15) is 5.56 Å². The fraction of sp³-hybridized carbons (Fsp3) is 0.0769. The van der Waals surface area contributed by atoms with Gasteiger partial charge in [0.15, 0.2) is 0 Å². The number of hydrogen-bond acceptors (Lipinski definition) is 2. The van der Waals surface area contributed by atoms with Crippen molar-refractivity contribution in [2.24, 2.45) is 0 Å². The van der Waals surface area contributed by atoms with E-state index in [0.29, 0.717) is 11.1 Å². The Labute approximate surface area is 97.6 Å². The Morgan fingerprint density at radius 1 is 1.18 bits per heavy atom. The molecule has 0 spiro atoms. The van der Waals surface area contributed by atoms with Crippen LogP contribution in [0.25, 0.3) is 11.1 Å². The lowest BCUT2D eigenvalue weighted by atomic mass is 10.00. The summed E-state index contributed by atoms with van der Waals surface area (Å²) in [6, 6.07) is 10.7. The number of H-pyrrole nitrogens is 1. The van der Waals surface area contributed by atoms with E-state index < -0.39 is 5.97 Å². The van der Waals surface area contributed by atoms with Gasteiger partial charge in [-0.05, 0) is 17.2 Å². The van der Waals surface area contributed by atoms with Gasteiger partial charge in [-0.2, -0.15) is 0 Å². The quantitative estimate of drug-likeness (QED) is 0.841. The molecule has 0 aliphatic rings. The van der Waals surface area contributed by atoms with Crippen LogP contribution in [0.2, 0.25) is 0 Å². The molecule has 0 radical (unpaired) electrons. The first kappa shape index (κ1) is 11.1. The first-order chi connectivity index (χ1) is 8.18. The van der Waals surface area contributed by atoms with Gasteiger partial charge in [-0.25, -0.2) is 0 Å². The number of pyridine rings is 1. The van der Waals surface area contributed by atoms with E-state index in [1.807, 2.05) is 18.2 Å². The van der Waals surface area contributed by atoms with Crippen molar-refractivity contribution >= 4 is 5.97 Å². The predicted molar refractivity (Wildman–Crippen MR) is 63.8 cm³/mol. The van der Waals surface area contributed by atoms with Gasteiger partial charge in [0.05, 0.1) is 12.0 Å². The SMILES string of the molecule is O=C(O)Cc1cc[nH]c(=O)c1-c1ccccc1. The number of rotatable bonds is 3. The minimum absolute atomic E-state index is 0.159. The Hall–Kier alpha value is -2.36. The Bertz CT molecular complexity index is 587. The lowest BCUT2D eigenvalue weighted by Gasteiger charge is -2.06. The van der Waals surface area contributed by atoms with Gasteiger partial charge in [0.25, 0.3) is 5.56 Å². The van der Waals surface area contributed by atoms with Gasteiger partial charge in [-0.1, -0.05) is 30.3 Å². The molecule has 17 heavy (non-hydrogen) atoms. The van der Waals surface area contributed by atoms with Gasteiger partial charge in [-0.15, -0.1) is 0 Å². The van der Waals surface area contributed by atoms with E-state index in [1.165, 1.54) is 6.20 Å². The van der Waals surface area contributed by atoms with Crippen molar-refractivity contribution < 1.29 is 9.90 Å². The van der Waals surface area contributed by atoms with Crippen molar-refractivity contribution in [3.63, 3.8) is 0 Å². The molecule has 0 aliphatic heterocycles. The van der Waals surface area contributed by atoms with Crippen molar-refractivity contribution in [1.29, 1.82) is 0 Å². The second kappa shape index (κ2) is 4.65. The molecule has 1 aromatic carbocycles. The highest BCUT2D eigenvalue weighted by molar-refractivity contribution is 5.76. The fourth-order valence-corrected chi connectivity index (χ4v) is 1.75. The maximum atomic E-state index is 11.8. The molecule has 0 atom stereocenters. The first-order valence-electron chi connectivity index (χ1n) is 5.16. The van der Waals surface area contributed by atoms with Crippen molar-refractivity contribution in [3.8, 4) is 11.1 Å². The van der Waals surface area contributed by atoms with Crippen LogP contribution in [-0.2, 0) is 11.2 Å². The van der Waals surface area contributed by atoms with E-state index in [1.54, 1.807) is 18.2 Å². The summed E-state index contributed by atoms with van der Waals surface area (Å²) in [4.78, 5) is 25.1. The number of nitrogens with one attached hydrogen (secondary N) is 1. The van der Waals surface area contributed by atoms with Crippen LogP contribution in [-0.4, -0.2) is 16.1 Å². The Balaban J connectivity index is 2.59. The molecule has 0 saturated heterocycles. The molecule has 0 unspecified atom stereocenters. The number of carboxylic acids is 1. The maximum absolute atomic E-state index is 11.8. The molecule has 1 aromatic heterocycles. The van der Waals surface area contributed by atoms with Crippen LogP contribution in [0.3, 0.4) is 0 Å². The molecule has 0 amide bonds. The van der Waals surface area contributed by atoms with E-state index in [9.17, 15) is 9.59 Å². The molecule has 2 rings (SSSR count). The van der Waals surface area contributed by atoms with E-state index in [2.05, 4.69) is 4.98 Å². The average molecular weight is 229 g/mol. The van der Waals surface area contributed by atoms with E-state index in [0.717, 1.165) is 5.56 Å². The summed E-state index contributed by atoms with van der Waals surface area (Å²) in [5.41, 5.74) is 1.41. The molecule has 86 valence electrons. The largest absolute Gasteiger partial charge is 0.481 e. The molecule has 0 saturated carbocycles. The molecular formula is C13H11NO3. The Morgan fingerprint density at radius 3 is 2.53 bits per heavy atom. The summed E-state index contributed by atoms with van der Waals surface area (Å²) >= 11 is 0. The minimum Gasteiger partial charge on any atom is -0.481 e.